The van der Waals surface area contributed by atoms with Gasteiger partial charge in [-0.1, -0.05) is 18.9 Å². The minimum Gasteiger partial charge on any atom is -0.348 e. The molecule has 56 valence electrons. The molecule has 0 aliphatic heterocycles. The maximum Gasteiger partial charge on any atom is 0.117 e. The quantitative estimate of drug-likeness (QED) is 0.509. The highest BCUT2D eigenvalue weighted by atomic mass is 32.2. The van der Waals surface area contributed by atoms with Crippen LogP contribution in [0.5, 0.6) is 0 Å². The summed E-state index contributed by atoms with van der Waals surface area (Å²) in [6.45, 7) is 3.07. The SMILES string of the molecule is CCNSCc1ncc[nH]1. The zero-order valence-corrected chi connectivity index (χ0v) is 6.74. The smallest absolute Gasteiger partial charge is 0.117 e. The van der Waals surface area contributed by atoms with E-state index < -0.39 is 0 Å². The van der Waals surface area contributed by atoms with Crippen molar-refractivity contribution in [3.05, 3.63) is 18.2 Å². The Hall–Kier alpha value is -0.480. The van der Waals surface area contributed by atoms with Gasteiger partial charge in [-0.15, -0.1) is 0 Å². The summed E-state index contributed by atoms with van der Waals surface area (Å²) in [6.07, 6.45) is 3.60. The first-order valence-corrected chi connectivity index (χ1v) is 4.25. The van der Waals surface area contributed by atoms with Gasteiger partial charge in [-0.3, -0.25) is 4.72 Å². The zero-order valence-electron chi connectivity index (χ0n) is 5.92. The molecule has 10 heavy (non-hydrogen) atoms. The molecule has 1 aromatic rings. The van der Waals surface area contributed by atoms with Gasteiger partial charge in [0.15, 0.2) is 0 Å². The van der Waals surface area contributed by atoms with Crippen molar-refractivity contribution in [3.8, 4) is 0 Å². The third-order valence-corrected chi connectivity index (χ3v) is 1.92. The van der Waals surface area contributed by atoms with Gasteiger partial charge >= 0.3 is 0 Å². The van der Waals surface area contributed by atoms with E-state index >= 15 is 0 Å². The Bertz CT molecular complexity index is 162. The van der Waals surface area contributed by atoms with E-state index in [1.807, 2.05) is 6.20 Å². The molecule has 1 heterocycles. The molecule has 0 aliphatic carbocycles. The molecular formula is C6H11N3S. The molecule has 0 saturated carbocycles. The molecule has 0 unspecified atom stereocenters. The molecule has 0 aliphatic rings. The minimum atomic E-state index is 0.904. The highest BCUT2D eigenvalue weighted by Crippen LogP contribution is 2.01. The largest absolute Gasteiger partial charge is 0.348 e. The van der Waals surface area contributed by atoms with E-state index in [0.717, 1.165) is 18.1 Å². The predicted molar refractivity (Wildman–Crippen MR) is 43.6 cm³/mol. The first-order chi connectivity index (χ1) is 4.93. The Morgan fingerprint density at radius 2 is 2.70 bits per heavy atom. The Morgan fingerprint density at radius 1 is 1.80 bits per heavy atom. The van der Waals surface area contributed by atoms with E-state index in [-0.39, 0.29) is 0 Å². The topological polar surface area (TPSA) is 40.7 Å². The summed E-state index contributed by atoms with van der Waals surface area (Å²) in [4.78, 5) is 7.10. The van der Waals surface area contributed by atoms with E-state index in [0.29, 0.717) is 0 Å². The monoisotopic (exact) mass is 157 g/mol. The van der Waals surface area contributed by atoms with Crippen LogP contribution in [0.2, 0.25) is 0 Å². The molecule has 0 radical (unpaired) electrons. The fourth-order valence-corrected chi connectivity index (χ4v) is 1.20. The summed E-state index contributed by atoms with van der Waals surface area (Å²) in [5.41, 5.74) is 0. The maximum atomic E-state index is 4.07. The number of imidazole rings is 1. The van der Waals surface area contributed by atoms with E-state index in [9.17, 15) is 0 Å². The van der Waals surface area contributed by atoms with Gasteiger partial charge in [0.2, 0.25) is 0 Å². The normalized spacial score (nSPS) is 10.1. The second-order valence-corrected chi connectivity index (χ2v) is 2.69. The highest BCUT2D eigenvalue weighted by Gasteiger charge is 1.91. The Labute approximate surface area is 64.8 Å². The van der Waals surface area contributed by atoms with Crippen LogP contribution in [0, 0.1) is 0 Å². The number of nitrogens with one attached hydrogen (secondary N) is 2. The molecule has 3 nitrogen and oxygen atoms in total. The third kappa shape index (κ3) is 2.41. The van der Waals surface area contributed by atoms with Gasteiger partial charge in [-0.25, -0.2) is 4.98 Å². The second-order valence-electron chi connectivity index (χ2n) is 1.82. The number of hydrogen-bond donors (Lipinski definition) is 2. The summed E-state index contributed by atoms with van der Waals surface area (Å²) in [5, 5.41) is 0. The van der Waals surface area contributed by atoms with E-state index in [4.69, 9.17) is 0 Å². The van der Waals surface area contributed by atoms with Crippen molar-refractivity contribution in [1.29, 1.82) is 0 Å². The van der Waals surface area contributed by atoms with Crippen molar-refractivity contribution in [2.24, 2.45) is 0 Å². The van der Waals surface area contributed by atoms with Gasteiger partial charge < -0.3 is 4.98 Å². The lowest BCUT2D eigenvalue weighted by Gasteiger charge is -1.96. The molecule has 0 saturated heterocycles. The van der Waals surface area contributed by atoms with E-state index in [1.165, 1.54) is 0 Å². The molecule has 2 N–H and O–H groups in total. The van der Waals surface area contributed by atoms with Crippen LogP contribution in [0.25, 0.3) is 0 Å². The van der Waals surface area contributed by atoms with Crippen LogP contribution < -0.4 is 4.72 Å². The van der Waals surface area contributed by atoms with Gasteiger partial charge in [0.1, 0.15) is 5.82 Å². The van der Waals surface area contributed by atoms with Gasteiger partial charge in [0.05, 0.1) is 5.75 Å². The van der Waals surface area contributed by atoms with Crippen molar-refractivity contribution in [2.75, 3.05) is 6.54 Å². The summed E-state index contributed by atoms with van der Waals surface area (Å²) in [5.74, 6) is 1.92. The lowest BCUT2D eigenvalue weighted by atomic mass is 10.7. The maximum absolute atomic E-state index is 4.07. The average Bonchev–Trinajstić information content (AvgIpc) is 2.41. The molecule has 0 spiro atoms. The number of aromatic nitrogens is 2. The molecule has 0 atom stereocenters. The van der Waals surface area contributed by atoms with E-state index in [2.05, 4.69) is 21.6 Å². The van der Waals surface area contributed by atoms with Gasteiger partial charge in [0, 0.05) is 18.9 Å². The van der Waals surface area contributed by atoms with E-state index in [1.54, 1.807) is 18.1 Å². The fourth-order valence-electron chi connectivity index (χ4n) is 0.598. The Balaban J connectivity index is 2.15. The van der Waals surface area contributed by atoms with Crippen molar-refractivity contribution in [2.45, 2.75) is 12.7 Å². The van der Waals surface area contributed by atoms with Crippen molar-refractivity contribution < 1.29 is 0 Å². The molecule has 1 rings (SSSR count). The molecule has 0 bridgehead atoms. The third-order valence-electron chi connectivity index (χ3n) is 1.01. The summed E-state index contributed by atoms with van der Waals surface area (Å²) in [7, 11) is 0. The lowest BCUT2D eigenvalue weighted by molar-refractivity contribution is 1.02. The molecule has 0 fully saturated rings. The van der Waals surface area contributed by atoms with Crippen molar-refractivity contribution in [1.82, 2.24) is 14.7 Å². The van der Waals surface area contributed by atoms with Gasteiger partial charge in [-0.05, 0) is 0 Å². The minimum absolute atomic E-state index is 0.904. The van der Waals surface area contributed by atoms with Crippen LogP contribution in [0.15, 0.2) is 12.4 Å². The van der Waals surface area contributed by atoms with Crippen LogP contribution >= 0.6 is 11.9 Å². The van der Waals surface area contributed by atoms with Crippen molar-refractivity contribution in [3.63, 3.8) is 0 Å². The zero-order chi connectivity index (χ0) is 7.23. The first kappa shape index (κ1) is 7.63. The number of aromatic amines is 1. The van der Waals surface area contributed by atoms with Crippen LogP contribution in [0.4, 0.5) is 0 Å². The number of rotatable bonds is 4. The summed E-state index contributed by atoms with van der Waals surface area (Å²) < 4.78 is 3.14. The highest BCUT2D eigenvalue weighted by molar-refractivity contribution is 7.96. The Kier molecular flexibility index (Phi) is 3.32. The number of nitrogens with zero attached hydrogens (tertiary/aromatic N) is 1. The van der Waals surface area contributed by atoms with Crippen LogP contribution in [0.1, 0.15) is 12.7 Å². The lowest BCUT2D eigenvalue weighted by Crippen LogP contribution is -2.01. The van der Waals surface area contributed by atoms with Crippen LogP contribution in [-0.4, -0.2) is 16.5 Å². The summed E-state index contributed by atoms with van der Waals surface area (Å²) in [6, 6.07) is 0. The molecule has 4 heteroatoms. The average molecular weight is 157 g/mol. The Morgan fingerprint density at radius 3 is 3.30 bits per heavy atom. The first-order valence-electron chi connectivity index (χ1n) is 3.26. The predicted octanol–water partition coefficient (Wildman–Crippen LogP) is 1.17. The molecular weight excluding hydrogens is 146 g/mol. The van der Waals surface area contributed by atoms with Gasteiger partial charge in [0.25, 0.3) is 0 Å². The molecule has 1 aromatic heterocycles. The standard InChI is InChI=1S/C6H11N3S/c1-2-9-10-5-6-7-3-4-8-6/h3-4,9H,2,5H2,1H3,(H,7,8). The molecule has 0 aromatic carbocycles. The fraction of sp³-hybridized carbons (Fsp3) is 0.500. The summed E-state index contributed by atoms with van der Waals surface area (Å²) >= 11 is 1.67. The molecule has 0 amide bonds. The van der Waals surface area contributed by atoms with Crippen molar-refractivity contribution >= 4 is 11.9 Å². The second kappa shape index (κ2) is 4.35. The number of hydrogen-bond acceptors (Lipinski definition) is 3. The van der Waals surface area contributed by atoms with Crippen LogP contribution in [-0.2, 0) is 5.75 Å². The number of H-pyrrole nitrogens is 1. The van der Waals surface area contributed by atoms with Gasteiger partial charge in [-0.2, -0.15) is 0 Å². The van der Waals surface area contributed by atoms with Crippen LogP contribution in [0.3, 0.4) is 0 Å².